The van der Waals surface area contributed by atoms with Gasteiger partial charge in [0.1, 0.15) is 5.75 Å². The summed E-state index contributed by atoms with van der Waals surface area (Å²) in [6.07, 6.45) is 0. The predicted molar refractivity (Wildman–Crippen MR) is 69.4 cm³/mol. The number of benzene rings is 1. The minimum absolute atomic E-state index is 0.463. The van der Waals surface area contributed by atoms with Gasteiger partial charge in [-0.1, -0.05) is 19.9 Å². The maximum absolute atomic E-state index is 5.63. The molecule has 2 nitrogen and oxygen atoms in total. The molecule has 1 aromatic carbocycles. The fourth-order valence-electron chi connectivity index (χ4n) is 1.75. The number of ether oxygens (including phenoxy) is 1. The van der Waals surface area contributed by atoms with E-state index in [9.17, 15) is 0 Å². The van der Waals surface area contributed by atoms with Gasteiger partial charge in [-0.3, -0.25) is 5.32 Å². The van der Waals surface area contributed by atoms with E-state index in [1.165, 1.54) is 16.7 Å². The lowest BCUT2D eigenvalue weighted by Crippen LogP contribution is -2.12. The molecule has 0 unspecified atom stereocenters. The van der Waals surface area contributed by atoms with Gasteiger partial charge in [-0.25, -0.2) is 0 Å². The average molecular weight is 242 g/mol. The van der Waals surface area contributed by atoms with Gasteiger partial charge >= 0.3 is 0 Å². The summed E-state index contributed by atoms with van der Waals surface area (Å²) in [5.41, 5.74) is 3.77. The van der Waals surface area contributed by atoms with E-state index in [2.05, 4.69) is 38.2 Å². The number of methoxy groups -OCH3 is 1. The molecule has 0 spiro atoms. The van der Waals surface area contributed by atoms with E-state index in [-0.39, 0.29) is 0 Å². The molecule has 0 fully saturated rings. The molecule has 0 saturated carbocycles. The Balaban J connectivity index is 3.06. The van der Waals surface area contributed by atoms with E-state index in [4.69, 9.17) is 16.3 Å². The van der Waals surface area contributed by atoms with Gasteiger partial charge in [-0.05, 0) is 35.6 Å². The molecule has 0 aliphatic heterocycles. The van der Waals surface area contributed by atoms with Gasteiger partial charge in [0.2, 0.25) is 0 Å². The lowest BCUT2D eigenvalue weighted by molar-refractivity contribution is 0.407. The van der Waals surface area contributed by atoms with Crippen molar-refractivity contribution < 1.29 is 4.74 Å². The third-order valence-electron chi connectivity index (χ3n) is 2.72. The van der Waals surface area contributed by atoms with Crippen LogP contribution in [0, 0.1) is 6.92 Å². The summed E-state index contributed by atoms with van der Waals surface area (Å²) in [7, 11) is 1.72. The Morgan fingerprint density at radius 3 is 2.56 bits per heavy atom. The summed E-state index contributed by atoms with van der Waals surface area (Å²) in [4.78, 5) is 0. The highest BCUT2D eigenvalue weighted by molar-refractivity contribution is 6.17. The van der Waals surface area contributed by atoms with Gasteiger partial charge in [-0.15, -0.1) is 11.6 Å². The Bertz CT molecular complexity index is 350. The third kappa shape index (κ3) is 3.13. The Morgan fingerprint density at radius 1 is 1.38 bits per heavy atom. The van der Waals surface area contributed by atoms with E-state index in [0.717, 1.165) is 12.3 Å². The number of rotatable bonds is 5. The van der Waals surface area contributed by atoms with Crippen LogP contribution in [0.3, 0.4) is 0 Å². The average Bonchev–Trinajstić information content (AvgIpc) is 2.26. The summed E-state index contributed by atoms with van der Waals surface area (Å²) in [6.45, 7) is 7.24. The zero-order valence-electron chi connectivity index (χ0n) is 10.4. The van der Waals surface area contributed by atoms with Crippen LogP contribution < -0.4 is 10.1 Å². The molecule has 0 atom stereocenters. The van der Waals surface area contributed by atoms with Gasteiger partial charge in [0, 0.05) is 6.54 Å². The molecule has 0 aliphatic carbocycles. The van der Waals surface area contributed by atoms with Crippen LogP contribution in [0.25, 0.3) is 0 Å². The molecule has 0 aliphatic rings. The van der Waals surface area contributed by atoms with Gasteiger partial charge < -0.3 is 4.74 Å². The molecule has 0 heterocycles. The van der Waals surface area contributed by atoms with Gasteiger partial charge in [-0.2, -0.15) is 0 Å². The smallest absolute Gasteiger partial charge is 0.122 e. The van der Waals surface area contributed by atoms with Gasteiger partial charge in [0.05, 0.1) is 13.1 Å². The molecule has 0 amide bonds. The van der Waals surface area contributed by atoms with Crippen molar-refractivity contribution >= 4 is 11.6 Å². The Labute approximate surface area is 103 Å². The first kappa shape index (κ1) is 13.3. The SMILES string of the molecule is COc1cc(C)c(CNCCl)cc1C(C)C. The summed E-state index contributed by atoms with van der Waals surface area (Å²) in [5, 5.41) is 3.13. The second-order valence-electron chi connectivity index (χ2n) is 4.24. The normalized spacial score (nSPS) is 10.9. The molecule has 0 aromatic heterocycles. The molecular weight excluding hydrogens is 222 g/mol. The van der Waals surface area contributed by atoms with Crippen LogP contribution in [0.4, 0.5) is 0 Å². The minimum atomic E-state index is 0.463. The molecule has 1 rings (SSSR count). The van der Waals surface area contributed by atoms with Crippen molar-refractivity contribution in [3.63, 3.8) is 0 Å². The van der Waals surface area contributed by atoms with Gasteiger partial charge in [0.15, 0.2) is 0 Å². The molecular formula is C13H20ClNO. The van der Waals surface area contributed by atoms with Crippen LogP contribution in [0.5, 0.6) is 5.75 Å². The quantitative estimate of drug-likeness (QED) is 0.630. The monoisotopic (exact) mass is 241 g/mol. The van der Waals surface area contributed by atoms with E-state index in [0.29, 0.717) is 11.9 Å². The van der Waals surface area contributed by atoms with E-state index >= 15 is 0 Å². The lowest BCUT2D eigenvalue weighted by atomic mass is 9.96. The Kier molecular flexibility index (Phi) is 5.10. The zero-order chi connectivity index (χ0) is 12.1. The highest BCUT2D eigenvalue weighted by Gasteiger charge is 2.10. The van der Waals surface area contributed by atoms with Crippen molar-refractivity contribution in [2.45, 2.75) is 33.2 Å². The number of hydrogen-bond acceptors (Lipinski definition) is 2. The first-order valence-corrected chi connectivity index (χ1v) is 6.07. The second kappa shape index (κ2) is 6.12. The number of hydrogen-bond donors (Lipinski definition) is 1. The summed E-state index contributed by atoms with van der Waals surface area (Å²) in [5.74, 6) is 1.44. The van der Waals surface area contributed by atoms with E-state index in [1.54, 1.807) is 7.11 Å². The number of nitrogens with one attached hydrogen (secondary N) is 1. The fourth-order valence-corrected chi connectivity index (χ4v) is 1.84. The molecule has 16 heavy (non-hydrogen) atoms. The van der Waals surface area contributed by atoms with Crippen LogP contribution >= 0.6 is 11.6 Å². The van der Waals surface area contributed by atoms with Crippen molar-refractivity contribution in [3.05, 3.63) is 28.8 Å². The highest BCUT2D eigenvalue weighted by Crippen LogP contribution is 2.29. The predicted octanol–water partition coefficient (Wildman–Crippen LogP) is 3.41. The van der Waals surface area contributed by atoms with Crippen LogP contribution in [0.1, 0.15) is 36.5 Å². The van der Waals surface area contributed by atoms with Crippen molar-refractivity contribution in [1.29, 1.82) is 0 Å². The summed E-state index contributed by atoms with van der Waals surface area (Å²) >= 11 is 5.63. The summed E-state index contributed by atoms with van der Waals surface area (Å²) < 4.78 is 5.40. The summed E-state index contributed by atoms with van der Waals surface area (Å²) in [6, 6.07) is 4.78. The molecule has 3 heteroatoms. The third-order valence-corrected chi connectivity index (χ3v) is 2.91. The topological polar surface area (TPSA) is 21.3 Å². The number of aryl methyl sites for hydroxylation is 1. The second-order valence-corrected chi connectivity index (χ2v) is 4.50. The van der Waals surface area contributed by atoms with Crippen LogP contribution in [0.2, 0.25) is 0 Å². The van der Waals surface area contributed by atoms with Crippen molar-refractivity contribution in [3.8, 4) is 5.75 Å². The lowest BCUT2D eigenvalue weighted by Gasteiger charge is -2.16. The first-order valence-electron chi connectivity index (χ1n) is 5.54. The molecule has 90 valence electrons. The number of alkyl halides is 1. The van der Waals surface area contributed by atoms with Gasteiger partial charge in [0.25, 0.3) is 0 Å². The minimum Gasteiger partial charge on any atom is -0.496 e. The first-order chi connectivity index (χ1) is 7.60. The van der Waals surface area contributed by atoms with Crippen LogP contribution in [-0.2, 0) is 6.54 Å². The largest absolute Gasteiger partial charge is 0.496 e. The Morgan fingerprint density at radius 2 is 2.06 bits per heavy atom. The fraction of sp³-hybridized carbons (Fsp3) is 0.538. The zero-order valence-corrected chi connectivity index (χ0v) is 11.2. The van der Waals surface area contributed by atoms with E-state index in [1.807, 2.05) is 0 Å². The molecule has 0 bridgehead atoms. The molecule has 1 N–H and O–H groups in total. The number of halogens is 1. The van der Waals surface area contributed by atoms with Crippen molar-refractivity contribution in [2.24, 2.45) is 0 Å². The van der Waals surface area contributed by atoms with Crippen molar-refractivity contribution in [1.82, 2.24) is 5.32 Å². The van der Waals surface area contributed by atoms with Crippen LogP contribution in [-0.4, -0.2) is 13.1 Å². The van der Waals surface area contributed by atoms with Crippen molar-refractivity contribution in [2.75, 3.05) is 13.1 Å². The molecule has 1 aromatic rings. The Hall–Kier alpha value is -0.730. The van der Waals surface area contributed by atoms with E-state index < -0.39 is 0 Å². The standard InChI is InChI=1S/C13H20ClNO/c1-9(2)12-6-11(7-15-8-14)10(3)5-13(12)16-4/h5-6,9,15H,7-8H2,1-4H3. The molecule has 0 saturated heterocycles. The maximum Gasteiger partial charge on any atom is 0.122 e. The highest BCUT2D eigenvalue weighted by atomic mass is 35.5. The maximum atomic E-state index is 5.63. The molecule has 0 radical (unpaired) electrons. The van der Waals surface area contributed by atoms with Crippen LogP contribution in [0.15, 0.2) is 12.1 Å².